The molecule has 116 valence electrons. The lowest BCUT2D eigenvalue weighted by Gasteiger charge is -2.24. The molecule has 0 saturated heterocycles. The molecule has 0 aliphatic rings. The molecule has 0 fully saturated rings. The van der Waals surface area contributed by atoms with E-state index in [2.05, 4.69) is 5.32 Å². The molecule has 0 heterocycles. The lowest BCUT2D eigenvalue weighted by molar-refractivity contribution is -0.119. The van der Waals surface area contributed by atoms with Gasteiger partial charge in [-0.1, -0.05) is 30.7 Å². The standard InChI is InChI=1S/C18H22N2O2/c1-3-11-19-18(22)13-20(15-9-7-14(2)8-10-15)16-5-4-6-17(21)12-16/h4-10,12,21H,3,11,13H2,1-2H3,(H,19,22). The second-order valence-corrected chi connectivity index (χ2v) is 5.29. The maximum absolute atomic E-state index is 12.1. The summed E-state index contributed by atoms with van der Waals surface area (Å²) in [6.07, 6.45) is 0.905. The van der Waals surface area contributed by atoms with Gasteiger partial charge in [0.05, 0.1) is 0 Å². The number of aryl methyl sites for hydroxylation is 1. The van der Waals surface area contributed by atoms with Crippen LogP contribution in [0.3, 0.4) is 0 Å². The maximum Gasteiger partial charge on any atom is 0.239 e. The van der Waals surface area contributed by atoms with Gasteiger partial charge in [0.1, 0.15) is 12.3 Å². The van der Waals surface area contributed by atoms with E-state index in [4.69, 9.17) is 0 Å². The molecule has 1 amide bonds. The van der Waals surface area contributed by atoms with Crippen LogP contribution in [0.15, 0.2) is 48.5 Å². The minimum Gasteiger partial charge on any atom is -0.508 e. The summed E-state index contributed by atoms with van der Waals surface area (Å²) in [5, 5.41) is 12.6. The Morgan fingerprint density at radius 1 is 1.14 bits per heavy atom. The molecule has 0 aliphatic heterocycles. The van der Waals surface area contributed by atoms with E-state index in [1.165, 1.54) is 0 Å². The number of aromatic hydroxyl groups is 1. The van der Waals surface area contributed by atoms with E-state index in [1.54, 1.807) is 18.2 Å². The van der Waals surface area contributed by atoms with Crippen molar-refractivity contribution in [1.29, 1.82) is 0 Å². The molecule has 4 nitrogen and oxygen atoms in total. The average molecular weight is 298 g/mol. The van der Waals surface area contributed by atoms with Crippen LogP contribution in [-0.4, -0.2) is 24.1 Å². The number of rotatable bonds is 6. The van der Waals surface area contributed by atoms with Crippen LogP contribution in [0, 0.1) is 6.92 Å². The average Bonchev–Trinajstić information content (AvgIpc) is 2.51. The second-order valence-electron chi connectivity index (χ2n) is 5.29. The van der Waals surface area contributed by atoms with Crippen molar-refractivity contribution < 1.29 is 9.90 Å². The number of hydrogen-bond acceptors (Lipinski definition) is 3. The number of amides is 1. The van der Waals surface area contributed by atoms with E-state index < -0.39 is 0 Å². The molecule has 0 aliphatic carbocycles. The van der Waals surface area contributed by atoms with Gasteiger partial charge in [0.15, 0.2) is 0 Å². The number of nitrogens with one attached hydrogen (secondary N) is 1. The zero-order valence-electron chi connectivity index (χ0n) is 13.0. The predicted molar refractivity (Wildman–Crippen MR) is 89.6 cm³/mol. The number of anilines is 2. The van der Waals surface area contributed by atoms with Crippen molar-refractivity contribution in [2.45, 2.75) is 20.3 Å². The Bertz CT molecular complexity index is 623. The highest BCUT2D eigenvalue weighted by molar-refractivity contribution is 5.84. The van der Waals surface area contributed by atoms with Crippen LogP contribution in [0.2, 0.25) is 0 Å². The minimum atomic E-state index is -0.0363. The molecule has 0 atom stereocenters. The Balaban J connectivity index is 2.28. The van der Waals surface area contributed by atoms with Crippen LogP contribution in [0.4, 0.5) is 11.4 Å². The third-order valence-corrected chi connectivity index (χ3v) is 3.36. The number of carbonyl (C=O) groups excluding carboxylic acids is 1. The van der Waals surface area contributed by atoms with E-state index in [0.717, 1.165) is 23.4 Å². The number of benzene rings is 2. The molecule has 0 spiro atoms. The highest BCUT2D eigenvalue weighted by atomic mass is 16.3. The molecule has 22 heavy (non-hydrogen) atoms. The third-order valence-electron chi connectivity index (χ3n) is 3.36. The number of phenolic OH excluding ortho intramolecular Hbond substituents is 1. The zero-order valence-corrected chi connectivity index (χ0v) is 13.0. The van der Waals surface area contributed by atoms with Gasteiger partial charge in [-0.15, -0.1) is 0 Å². The predicted octanol–water partition coefficient (Wildman–Crippen LogP) is 3.36. The van der Waals surface area contributed by atoms with Crippen molar-refractivity contribution >= 4 is 17.3 Å². The summed E-state index contributed by atoms with van der Waals surface area (Å²) < 4.78 is 0. The van der Waals surface area contributed by atoms with Gasteiger partial charge in [0.25, 0.3) is 0 Å². The molecular weight excluding hydrogens is 276 g/mol. The second kappa shape index (κ2) is 7.50. The van der Waals surface area contributed by atoms with E-state index in [9.17, 15) is 9.90 Å². The first-order valence-corrected chi connectivity index (χ1v) is 7.50. The van der Waals surface area contributed by atoms with E-state index >= 15 is 0 Å². The van der Waals surface area contributed by atoms with Crippen LogP contribution in [0.25, 0.3) is 0 Å². The van der Waals surface area contributed by atoms with Gasteiger partial charge in [0, 0.05) is 24.0 Å². The van der Waals surface area contributed by atoms with E-state index in [0.29, 0.717) is 6.54 Å². The number of phenols is 1. The van der Waals surface area contributed by atoms with Gasteiger partial charge in [0.2, 0.25) is 5.91 Å². The summed E-state index contributed by atoms with van der Waals surface area (Å²) >= 11 is 0. The normalized spacial score (nSPS) is 10.3. The lowest BCUT2D eigenvalue weighted by Crippen LogP contribution is -2.35. The largest absolute Gasteiger partial charge is 0.508 e. The fraction of sp³-hybridized carbons (Fsp3) is 0.278. The van der Waals surface area contributed by atoms with Crippen molar-refractivity contribution in [3.63, 3.8) is 0 Å². The van der Waals surface area contributed by atoms with Crippen LogP contribution < -0.4 is 10.2 Å². The number of nitrogens with zero attached hydrogens (tertiary/aromatic N) is 1. The summed E-state index contributed by atoms with van der Waals surface area (Å²) in [5.41, 5.74) is 2.87. The van der Waals surface area contributed by atoms with Gasteiger partial charge >= 0.3 is 0 Å². The first-order valence-electron chi connectivity index (χ1n) is 7.50. The Morgan fingerprint density at radius 2 is 1.86 bits per heavy atom. The van der Waals surface area contributed by atoms with Crippen molar-refractivity contribution in [2.24, 2.45) is 0 Å². The smallest absolute Gasteiger partial charge is 0.239 e. The summed E-state index contributed by atoms with van der Waals surface area (Å²) in [5.74, 6) is 0.148. The molecule has 0 unspecified atom stereocenters. The van der Waals surface area contributed by atoms with Crippen LogP contribution in [0.5, 0.6) is 5.75 Å². The van der Waals surface area contributed by atoms with Crippen molar-refractivity contribution in [1.82, 2.24) is 5.32 Å². The van der Waals surface area contributed by atoms with Crippen LogP contribution >= 0.6 is 0 Å². The number of hydrogen-bond donors (Lipinski definition) is 2. The zero-order chi connectivity index (χ0) is 15.9. The first-order chi connectivity index (χ1) is 10.6. The maximum atomic E-state index is 12.1. The molecule has 4 heteroatoms. The first kappa shape index (κ1) is 15.9. The van der Waals surface area contributed by atoms with E-state index in [-0.39, 0.29) is 18.2 Å². The van der Waals surface area contributed by atoms with Crippen molar-refractivity contribution in [2.75, 3.05) is 18.0 Å². The summed E-state index contributed by atoms with van der Waals surface area (Å²) in [4.78, 5) is 14.0. The topological polar surface area (TPSA) is 52.6 Å². The van der Waals surface area contributed by atoms with Crippen LogP contribution in [0.1, 0.15) is 18.9 Å². The molecule has 0 aromatic heterocycles. The minimum absolute atomic E-state index is 0.0363. The highest BCUT2D eigenvalue weighted by Crippen LogP contribution is 2.27. The van der Waals surface area contributed by atoms with Gasteiger partial charge in [-0.05, 0) is 37.6 Å². The van der Waals surface area contributed by atoms with Gasteiger partial charge in [-0.3, -0.25) is 4.79 Å². The molecule has 2 rings (SSSR count). The van der Waals surface area contributed by atoms with Crippen molar-refractivity contribution in [3.05, 3.63) is 54.1 Å². The quantitative estimate of drug-likeness (QED) is 0.859. The Hall–Kier alpha value is -2.49. The molecule has 0 bridgehead atoms. The molecule has 2 N–H and O–H groups in total. The fourth-order valence-electron chi connectivity index (χ4n) is 2.18. The summed E-state index contributed by atoms with van der Waals surface area (Å²) in [7, 11) is 0. The van der Waals surface area contributed by atoms with Crippen LogP contribution in [-0.2, 0) is 4.79 Å². The molecule has 2 aromatic carbocycles. The summed E-state index contributed by atoms with van der Waals surface area (Å²) in [6.45, 7) is 4.93. The molecular formula is C18H22N2O2. The Morgan fingerprint density at radius 3 is 2.50 bits per heavy atom. The Labute approximate surface area is 131 Å². The number of carbonyl (C=O) groups is 1. The fourth-order valence-corrected chi connectivity index (χ4v) is 2.18. The molecule has 0 radical (unpaired) electrons. The monoisotopic (exact) mass is 298 g/mol. The van der Waals surface area contributed by atoms with Crippen molar-refractivity contribution in [3.8, 4) is 5.75 Å². The lowest BCUT2D eigenvalue weighted by atomic mass is 10.2. The summed E-state index contributed by atoms with van der Waals surface area (Å²) in [6, 6.07) is 14.9. The molecule has 2 aromatic rings. The highest BCUT2D eigenvalue weighted by Gasteiger charge is 2.14. The van der Waals surface area contributed by atoms with Gasteiger partial charge in [-0.2, -0.15) is 0 Å². The molecule has 0 saturated carbocycles. The Kier molecular flexibility index (Phi) is 5.42. The van der Waals surface area contributed by atoms with E-state index in [1.807, 2.05) is 49.1 Å². The third kappa shape index (κ3) is 4.25. The van der Waals surface area contributed by atoms with Gasteiger partial charge in [-0.25, -0.2) is 0 Å². The SMILES string of the molecule is CCCNC(=O)CN(c1ccc(C)cc1)c1cccc(O)c1. The van der Waals surface area contributed by atoms with Gasteiger partial charge < -0.3 is 15.3 Å².